The fourth-order valence-electron chi connectivity index (χ4n) is 3.29. The van der Waals surface area contributed by atoms with E-state index in [1.807, 2.05) is 62.5 Å². The lowest BCUT2D eigenvalue weighted by Crippen LogP contribution is -2.12. The first-order chi connectivity index (χ1) is 14.9. The molecule has 0 fully saturated rings. The maximum absolute atomic E-state index is 13.3. The van der Waals surface area contributed by atoms with E-state index in [0.29, 0.717) is 5.13 Å². The predicted molar refractivity (Wildman–Crippen MR) is 120 cm³/mol. The SMILES string of the molecule is Cc1ccc(Oc2cc(C)c(-c3csc(NC(=O)c4ccnc(F)c4)n3)c(C)c2)cc1. The summed E-state index contributed by atoms with van der Waals surface area (Å²) in [4.78, 5) is 20.3. The van der Waals surface area contributed by atoms with Crippen LogP contribution in [0.3, 0.4) is 0 Å². The number of carbonyl (C=O) groups is 1. The van der Waals surface area contributed by atoms with Crippen molar-refractivity contribution >= 4 is 22.4 Å². The van der Waals surface area contributed by atoms with Gasteiger partial charge in [0.05, 0.1) is 5.69 Å². The normalized spacial score (nSPS) is 10.7. The van der Waals surface area contributed by atoms with Crippen LogP contribution < -0.4 is 10.1 Å². The Balaban J connectivity index is 1.54. The summed E-state index contributed by atoms with van der Waals surface area (Å²) in [7, 11) is 0. The number of hydrogen-bond donors (Lipinski definition) is 1. The molecule has 0 saturated carbocycles. The average molecular weight is 434 g/mol. The van der Waals surface area contributed by atoms with E-state index in [-0.39, 0.29) is 5.56 Å². The molecule has 7 heteroatoms. The number of pyridine rings is 1. The number of hydrogen-bond acceptors (Lipinski definition) is 5. The molecule has 0 aliphatic rings. The standard InChI is InChI=1S/C24H20FN3O2S/c1-14-4-6-18(7-5-14)30-19-10-15(2)22(16(3)11-19)20-13-31-24(27-20)28-23(29)17-8-9-26-21(25)12-17/h4-13H,1-3H3,(H,27,28,29). The lowest BCUT2D eigenvalue weighted by molar-refractivity contribution is 0.102. The average Bonchev–Trinajstić information content (AvgIpc) is 3.17. The number of thiazole rings is 1. The highest BCUT2D eigenvalue weighted by atomic mass is 32.1. The van der Waals surface area contributed by atoms with Crippen molar-refractivity contribution in [2.75, 3.05) is 5.32 Å². The number of nitrogens with one attached hydrogen (secondary N) is 1. The molecule has 2 heterocycles. The fourth-order valence-corrected chi connectivity index (χ4v) is 3.98. The van der Waals surface area contributed by atoms with Gasteiger partial charge in [-0.3, -0.25) is 10.1 Å². The molecule has 0 bridgehead atoms. The maximum Gasteiger partial charge on any atom is 0.257 e. The minimum absolute atomic E-state index is 0.189. The van der Waals surface area contributed by atoms with Crippen LogP contribution in [-0.2, 0) is 0 Å². The van der Waals surface area contributed by atoms with Crippen LogP contribution in [0.4, 0.5) is 9.52 Å². The fraction of sp³-hybridized carbons (Fsp3) is 0.125. The van der Waals surface area contributed by atoms with Crippen LogP contribution in [-0.4, -0.2) is 15.9 Å². The van der Waals surface area contributed by atoms with Gasteiger partial charge in [-0.15, -0.1) is 11.3 Å². The zero-order valence-electron chi connectivity index (χ0n) is 17.3. The highest BCUT2D eigenvalue weighted by molar-refractivity contribution is 7.14. The second kappa shape index (κ2) is 8.65. The Labute approximate surface area is 183 Å². The van der Waals surface area contributed by atoms with Crippen LogP contribution in [0.5, 0.6) is 11.5 Å². The molecule has 0 saturated heterocycles. The van der Waals surface area contributed by atoms with Crippen LogP contribution in [0.1, 0.15) is 27.0 Å². The number of amides is 1. The van der Waals surface area contributed by atoms with Crippen molar-refractivity contribution in [2.45, 2.75) is 20.8 Å². The van der Waals surface area contributed by atoms with Gasteiger partial charge < -0.3 is 4.74 Å². The minimum atomic E-state index is -0.702. The Morgan fingerprint density at radius 3 is 2.39 bits per heavy atom. The number of benzene rings is 2. The molecule has 0 spiro atoms. The maximum atomic E-state index is 13.3. The van der Waals surface area contributed by atoms with Gasteiger partial charge >= 0.3 is 0 Å². The van der Waals surface area contributed by atoms with E-state index in [1.165, 1.54) is 29.2 Å². The van der Waals surface area contributed by atoms with Gasteiger partial charge in [-0.25, -0.2) is 9.97 Å². The molecule has 0 aliphatic heterocycles. The van der Waals surface area contributed by atoms with Gasteiger partial charge in [0.1, 0.15) is 11.5 Å². The van der Waals surface area contributed by atoms with E-state index >= 15 is 0 Å². The first kappa shape index (κ1) is 20.7. The van der Waals surface area contributed by atoms with Crippen molar-refractivity contribution < 1.29 is 13.9 Å². The van der Waals surface area contributed by atoms with Crippen molar-refractivity contribution in [3.05, 3.63) is 88.3 Å². The number of aromatic nitrogens is 2. The smallest absolute Gasteiger partial charge is 0.257 e. The van der Waals surface area contributed by atoms with Crippen molar-refractivity contribution in [3.8, 4) is 22.8 Å². The quantitative estimate of drug-likeness (QED) is 0.374. The van der Waals surface area contributed by atoms with Crippen LogP contribution in [0, 0.1) is 26.7 Å². The van der Waals surface area contributed by atoms with Crippen molar-refractivity contribution in [3.63, 3.8) is 0 Å². The van der Waals surface area contributed by atoms with Crippen molar-refractivity contribution in [2.24, 2.45) is 0 Å². The number of anilines is 1. The van der Waals surface area contributed by atoms with Gasteiger partial charge in [-0.2, -0.15) is 4.39 Å². The Morgan fingerprint density at radius 2 is 1.71 bits per heavy atom. The number of ether oxygens (including phenoxy) is 1. The summed E-state index contributed by atoms with van der Waals surface area (Å²) in [6.45, 7) is 6.04. The summed E-state index contributed by atoms with van der Waals surface area (Å²) in [5, 5.41) is 5.04. The summed E-state index contributed by atoms with van der Waals surface area (Å²) in [6, 6.07) is 14.4. The third-order valence-electron chi connectivity index (χ3n) is 4.73. The molecule has 31 heavy (non-hydrogen) atoms. The molecule has 5 nitrogen and oxygen atoms in total. The Morgan fingerprint density at radius 1 is 1.00 bits per heavy atom. The number of halogens is 1. The molecule has 1 amide bonds. The van der Waals surface area contributed by atoms with Gasteiger partial charge in [0.15, 0.2) is 5.13 Å². The number of nitrogens with zero attached hydrogens (tertiary/aromatic N) is 2. The zero-order valence-corrected chi connectivity index (χ0v) is 18.1. The molecule has 0 aliphatic carbocycles. The van der Waals surface area contributed by atoms with E-state index in [4.69, 9.17) is 4.74 Å². The van der Waals surface area contributed by atoms with Gasteiger partial charge in [0, 0.05) is 28.8 Å². The number of carbonyl (C=O) groups excluding carboxylic acids is 1. The summed E-state index contributed by atoms with van der Waals surface area (Å²) in [6.07, 6.45) is 1.25. The second-order valence-electron chi connectivity index (χ2n) is 7.21. The highest BCUT2D eigenvalue weighted by Gasteiger charge is 2.15. The van der Waals surface area contributed by atoms with Gasteiger partial charge in [0.2, 0.25) is 5.95 Å². The lowest BCUT2D eigenvalue weighted by Gasteiger charge is -2.12. The molecule has 0 unspecified atom stereocenters. The lowest BCUT2D eigenvalue weighted by atomic mass is 10.0. The number of aryl methyl sites for hydroxylation is 3. The Hall–Kier alpha value is -3.58. The molecular weight excluding hydrogens is 413 g/mol. The first-order valence-corrected chi connectivity index (χ1v) is 10.5. The zero-order chi connectivity index (χ0) is 22.0. The summed E-state index contributed by atoms with van der Waals surface area (Å²) >= 11 is 1.31. The monoisotopic (exact) mass is 433 g/mol. The van der Waals surface area contributed by atoms with Gasteiger partial charge in [-0.05, 0) is 62.2 Å². The van der Waals surface area contributed by atoms with Crippen LogP contribution in [0.2, 0.25) is 0 Å². The number of rotatable bonds is 5. The summed E-state index contributed by atoms with van der Waals surface area (Å²) < 4.78 is 19.2. The van der Waals surface area contributed by atoms with Gasteiger partial charge in [0.25, 0.3) is 5.91 Å². The van der Waals surface area contributed by atoms with Crippen LogP contribution >= 0.6 is 11.3 Å². The van der Waals surface area contributed by atoms with Crippen molar-refractivity contribution in [1.82, 2.24) is 9.97 Å². The highest BCUT2D eigenvalue weighted by Crippen LogP contribution is 2.34. The molecule has 0 radical (unpaired) electrons. The largest absolute Gasteiger partial charge is 0.457 e. The molecule has 2 aromatic carbocycles. The Kier molecular flexibility index (Phi) is 5.77. The molecule has 1 N–H and O–H groups in total. The minimum Gasteiger partial charge on any atom is -0.457 e. The molecule has 4 aromatic rings. The van der Waals surface area contributed by atoms with E-state index in [0.717, 1.165) is 39.9 Å². The molecule has 156 valence electrons. The Bertz CT molecular complexity index is 1230. The van der Waals surface area contributed by atoms with E-state index < -0.39 is 11.9 Å². The van der Waals surface area contributed by atoms with E-state index in [1.54, 1.807) is 0 Å². The van der Waals surface area contributed by atoms with E-state index in [9.17, 15) is 9.18 Å². The van der Waals surface area contributed by atoms with E-state index in [2.05, 4.69) is 15.3 Å². The first-order valence-electron chi connectivity index (χ1n) is 9.63. The third-order valence-corrected chi connectivity index (χ3v) is 5.49. The molecule has 0 atom stereocenters. The summed E-state index contributed by atoms with van der Waals surface area (Å²) in [5.41, 5.74) is 5.15. The molecular formula is C24H20FN3O2S. The van der Waals surface area contributed by atoms with Crippen LogP contribution in [0.25, 0.3) is 11.3 Å². The predicted octanol–water partition coefficient (Wildman–Crippen LogP) is 6.31. The molecule has 4 rings (SSSR count). The van der Waals surface area contributed by atoms with Crippen molar-refractivity contribution in [1.29, 1.82) is 0 Å². The molecule has 2 aromatic heterocycles. The third kappa shape index (κ3) is 4.78. The van der Waals surface area contributed by atoms with Crippen LogP contribution in [0.15, 0.2) is 60.1 Å². The second-order valence-corrected chi connectivity index (χ2v) is 8.06. The summed E-state index contributed by atoms with van der Waals surface area (Å²) in [5.74, 6) is 0.401. The topological polar surface area (TPSA) is 64.1 Å². The van der Waals surface area contributed by atoms with Gasteiger partial charge in [-0.1, -0.05) is 17.7 Å².